The second kappa shape index (κ2) is 4.83. The predicted octanol–water partition coefficient (Wildman–Crippen LogP) is 4.24. The van der Waals surface area contributed by atoms with Gasteiger partial charge >= 0.3 is 0 Å². The molecule has 2 nitrogen and oxygen atoms in total. The highest BCUT2D eigenvalue weighted by Gasteiger charge is 2.15. The molecular weight excluding hydrogens is 328 g/mol. The van der Waals surface area contributed by atoms with Gasteiger partial charge in [0, 0.05) is 27.0 Å². The smallest absolute Gasteiger partial charge is 0.249 e. The van der Waals surface area contributed by atoms with Gasteiger partial charge in [0.2, 0.25) is 5.56 Å². The van der Waals surface area contributed by atoms with Gasteiger partial charge in [-0.15, -0.1) is 0 Å². The molecule has 0 aliphatic rings. The number of rotatable bonds is 1. The number of H-pyrrole nitrogens is 1. The van der Waals surface area contributed by atoms with Crippen molar-refractivity contribution < 1.29 is 8.78 Å². The summed E-state index contributed by atoms with van der Waals surface area (Å²) in [5.41, 5.74) is 0.165. The van der Waals surface area contributed by atoms with Gasteiger partial charge in [0.05, 0.1) is 5.56 Å². The summed E-state index contributed by atoms with van der Waals surface area (Å²) in [4.78, 5) is 14.3. The molecule has 0 saturated heterocycles. The van der Waals surface area contributed by atoms with Crippen LogP contribution in [0.2, 0.25) is 0 Å². The molecule has 0 amide bonds. The van der Waals surface area contributed by atoms with Crippen LogP contribution in [-0.4, -0.2) is 4.98 Å². The van der Waals surface area contributed by atoms with Crippen molar-refractivity contribution >= 4 is 26.8 Å². The zero-order chi connectivity index (χ0) is 14.3. The molecule has 0 spiro atoms. The molecule has 0 bridgehead atoms. The van der Waals surface area contributed by atoms with Gasteiger partial charge in [-0.05, 0) is 30.3 Å². The first-order valence-electron chi connectivity index (χ1n) is 5.83. The molecular formula is C15H8BrF2NO. The van der Waals surface area contributed by atoms with Gasteiger partial charge in [-0.2, -0.15) is 0 Å². The molecule has 0 saturated carbocycles. The lowest BCUT2D eigenvalue weighted by atomic mass is 10.0. The maximum atomic E-state index is 13.9. The number of aromatic nitrogens is 1. The number of fused-ring (bicyclic) bond motifs is 1. The summed E-state index contributed by atoms with van der Waals surface area (Å²) in [6.45, 7) is 0. The summed E-state index contributed by atoms with van der Waals surface area (Å²) < 4.78 is 28.6. The van der Waals surface area contributed by atoms with Crippen LogP contribution in [0.3, 0.4) is 0 Å². The van der Waals surface area contributed by atoms with Crippen LogP contribution in [-0.2, 0) is 0 Å². The molecule has 0 fully saturated rings. The number of nitrogens with one attached hydrogen (secondary N) is 1. The Labute approximate surface area is 121 Å². The van der Waals surface area contributed by atoms with Crippen LogP contribution >= 0.6 is 15.9 Å². The predicted molar refractivity (Wildman–Crippen MR) is 77.6 cm³/mol. The quantitative estimate of drug-likeness (QED) is 0.709. The van der Waals surface area contributed by atoms with Crippen LogP contribution < -0.4 is 5.56 Å². The lowest BCUT2D eigenvalue weighted by Gasteiger charge is -2.09. The van der Waals surface area contributed by atoms with Crippen LogP contribution in [0.4, 0.5) is 8.78 Å². The average Bonchev–Trinajstić information content (AvgIpc) is 2.39. The highest BCUT2D eigenvalue weighted by atomic mass is 79.9. The third-order valence-corrected chi connectivity index (χ3v) is 3.53. The highest BCUT2D eigenvalue weighted by molar-refractivity contribution is 9.10. The van der Waals surface area contributed by atoms with Gasteiger partial charge in [0.25, 0.3) is 0 Å². The maximum Gasteiger partial charge on any atom is 0.249 e. The van der Waals surface area contributed by atoms with E-state index in [0.717, 1.165) is 4.47 Å². The molecule has 0 atom stereocenters. The van der Waals surface area contributed by atoms with E-state index >= 15 is 0 Å². The third kappa shape index (κ3) is 2.14. The van der Waals surface area contributed by atoms with Crippen molar-refractivity contribution in [2.45, 2.75) is 0 Å². The first-order valence-corrected chi connectivity index (χ1v) is 6.62. The highest BCUT2D eigenvalue weighted by Crippen LogP contribution is 2.31. The lowest BCUT2D eigenvalue weighted by molar-refractivity contribution is 0.590. The van der Waals surface area contributed by atoms with Crippen molar-refractivity contribution in [3.63, 3.8) is 0 Å². The average molecular weight is 336 g/mol. The van der Waals surface area contributed by atoms with Gasteiger partial charge < -0.3 is 4.98 Å². The van der Waals surface area contributed by atoms with Crippen molar-refractivity contribution in [2.75, 3.05) is 0 Å². The lowest BCUT2D eigenvalue weighted by Crippen LogP contribution is -2.06. The Morgan fingerprint density at radius 3 is 2.40 bits per heavy atom. The second-order valence-corrected chi connectivity index (χ2v) is 5.25. The molecule has 2 aromatic carbocycles. The van der Waals surface area contributed by atoms with E-state index in [2.05, 4.69) is 20.9 Å². The van der Waals surface area contributed by atoms with Crippen LogP contribution in [0.15, 0.2) is 51.7 Å². The second-order valence-electron chi connectivity index (χ2n) is 4.33. The van der Waals surface area contributed by atoms with E-state index in [-0.39, 0.29) is 11.1 Å². The van der Waals surface area contributed by atoms with E-state index < -0.39 is 17.2 Å². The van der Waals surface area contributed by atoms with Crippen LogP contribution in [0.5, 0.6) is 0 Å². The Kier molecular flexibility index (Phi) is 3.14. The van der Waals surface area contributed by atoms with Gasteiger partial charge in [-0.25, -0.2) is 8.78 Å². The summed E-state index contributed by atoms with van der Waals surface area (Å²) in [6, 6.07) is 9.98. The Hall–Kier alpha value is -2.01. The van der Waals surface area contributed by atoms with Gasteiger partial charge in [-0.1, -0.05) is 22.0 Å². The van der Waals surface area contributed by atoms with Crippen LogP contribution in [0.25, 0.3) is 22.0 Å². The molecule has 3 aromatic rings. The van der Waals surface area contributed by atoms with Gasteiger partial charge in [0.1, 0.15) is 11.6 Å². The fourth-order valence-electron chi connectivity index (χ4n) is 2.19. The summed E-state index contributed by atoms with van der Waals surface area (Å²) in [6.07, 6.45) is 0. The van der Waals surface area contributed by atoms with E-state index in [1.165, 1.54) is 24.3 Å². The van der Waals surface area contributed by atoms with Crippen LogP contribution in [0, 0.1) is 11.6 Å². The van der Waals surface area contributed by atoms with Crippen molar-refractivity contribution in [1.29, 1.82) is 0 Å². The molecule has 0 aliphatic heterocycles. The summed E-state index contributed by atoms with van der Waals surface area (Å²) in [5.74, 6) is -1.39. The molecule has 0 radical (unpaired) electrons. The minimum absolute atomic E-state index is 0.193. The van der Waals surface area contributed by atoms with E-state index in [1.54, 1.807) is 18.2 Å². The Morgan fingerprint density at radius 1 is 1.00 bits per heavy atom. The molecule has 3 rings (SSSR count). The van der Waals surface area contributed by atoms with Crippen molar-refractivity contribution in [2.24, 2.45) is 0 Å². The Morgan fingerprint density at radius 2 is 1.70 bits per heavy atom. The number of hydrogen-bond donors (Lipinski definition) is 1. The van der Waals surface area contributed by atoms with Crippen LogP contribution in [0.1, 0.15) is 0 Å². The molecule has 5 heteroatoms. The van der Waals surface area contributed by atoms with E-state index in [9.17, 15) is 13.6 Å². The Bertz CT molecular complexity index is 853. The number of halogens is 3. The number of aromatic amines is 1. The third-order valence-electron chi connectivity index (χ3n) is 3.04. The molecule has 1 aromatic heterocycles. The van der Waals surface area contributed by atoms with Crippen molar-refractivity contribution in [3.05, 3.63) is 68.9 Å². The fourth-order valence-corrected chi connectivity index (χ4v) is 2.55. The van der Waals surface area contributed by atoms with Gasteiger partial charge in [0.15, 0.2) is 0 Å². The SMILES string of the molecule is O=c1cc(-c2c(F)cccc2F)c2cc(Br)ccc2[nH]1. The van der Waals surface area contributed by atoms with E-state index in [0.29, 0.717) is 10.9 Å². The first-order chi connectivity index (χ1) is 9.56. The molecule has 0 aliphatic carbocycles. The zero-order valence-corrected chi connectivity index (χ0v) is 11.7. The minimum Gasteiger partial charge on any atom is -0.322 e. The molecule has 20 heavy (non-hydrogen) atoms. The Balaban J connectivity index is 2.47. The number of benzene rings is 2. The molecule has 1 N–H and O–H groups in total. The summed E-state index contributed by atoms with van der Waals surface area (Å²) >= 11 is 3.32. The maximum absolute atomic E-state index is 13.9. The van der Waals surface area contributed by atoms with E-state index in [1.807, 2.05) is 0 Å². The topological polar surface area (TPSA) is 32.9 Å². The molecule has 100 valence electrons. The molecule has 0 unspecified atom stereocenters. The summed E-state index contributed by atoms with van der Waals surface area (Å²) in [5, 5.41) is 0.572. The molecule has 1 heterocycles. The monoisotopic (exact) mass is 335 g/mol. The number of hydrogen-bond acceptors (Lipinski definition) is 1. The van der Waals surface area contributed by atoms with E-state index in [4.69, 9.17) is 0 Å². The number of pyridine rings is 1. The largest absolute Gasteiger partial charge is 0.322 e. The van der Waals surface area contributed by atoms with Crippen molar-refractivity contribution in [1.82, 2.24) is 4.98 Å². The minimum atomic E-state index is -0.697. The summed E-state index contributed by atoms with van der Waals surface area (Å²) in [7, 11) is 0. The first kappa shape index (κ1) is 13.0. The fraction of sp³-hybridized carbons (Fsp3) is 0. The standard InChI is InChI=1S/C15H8BrF2NO/c16-8-4-5-13-9(6-8)10(7-14(20)19-13)15-11(17)2-1-3-12(15)18/h1-7H,(H,19,20). The van der Waals surface area contributed by atoms with Gasteiger partial charge in [-0.3, -0.25) is 4.79 Å². The zero-order valence-electron chi connectivity index (χ0n) is 10.1. The normalized spacial score (nSPS) is 10.9. The van der Waals surface area contributed by atoms with Crippen molar-refractivity contribution in [3.8, 4) is 11.1 Å².